The zero-order valence-electron chi connectivity index (χ0n) is 12.2. The molecule has 0 bridgehead atoms. The van der Waals surface area contributed by atoms with Crippen LogP contribution in [-0.4, -0.2) is 59.8 Å². The van der Waals surface area contributed by atoms with Gasteiger partial charge < -0.3 is 30.8 Å². The topological polar surface area (TPSA) is 207 Å². The highest BCUT2D eigenvalue weighted by Crippen LogP contribution is 2.51. The molecule has 0 aliphatic carbocycles. The number of aliphatic hydroxyl groups is 4. The molecule has 1 aromatic rings. The summed E-state index contributed by atoms with van der Waals surface area (Å²) in [6.07, 6.45) is -0.549. The van der Waals surface area contributed by atoms with E-state index >= 15 is 0 Å². The summed E-state index contributed by atoms with van der Waals surface area (Å²) in [5.74, 6) is -4.05. The summed E-state index contributed by atoms with van der Waals surface area (Å²) < 4.78 is 46.4. The second-order valence-electron chi connectivity index (χ2n) is 5.57. The van der Waals surface area contributed by atoms with Crippen LogP contribution in [0.5, 0.6) is 5.75 Å². The summed E-state index contributed by atoms with van der Waals surface area (Å²) in [5.41, 5.74) is -0.375. The molecule has 0 spiro atoms. The molecule has 0 radical (unpaired) electrons. The van der Waals surface area contributed by atoms with Gasteiger partial charge in [0.15, 0.2) is 14.9 Å². The molecule has 1 aliphatic heterocycles. The molecule has 2 rings (SSSR count). The van der Waals surface area contributed by atoms with E-state index in [0.29, 0.717) is 0 Å². The van der Waals surface area contributed by atoms with Crippen molar-refractivity contribution >= 4 is 31.2 Å². The highest BCUT2D eigenvalue weighted by atomic mass is 32.3. The number of hydrogen-bond acceptors (Lipinski definition) is 11. The number of nitrogens with two attached hydrogens (primary N) is 1. The van der Waals surface area contributed by atoms with Gasteiger partial charge in [-0.25, -0.2) is 22.0 Å². The number of nitrogens with one attached hydrogen (secondary N) is 1. The standard InChI is InChI=1S/C10H16N2O9S3/c1-9(14)2-4(12-3-10(15,16)17)5-6(13)8(24(11,20)21)22-7(5)23(9,18)19/h4,12-17H,2-3H2,1H3,(H2,11,20,21). The van der Waals surface area contributed by atoms with Gasteiger partial charge in [-0.15, -0.1) is 11.3 Å². The van der Waals surface area contributed by atoms with E-state index in [2.05, 4.69) is 5.32 Å². The quantitative estimate of drug-likeness (QED) is 0.257. The first-order valence-corrected chi connectivity index (χ1v) is 10.2. The largest absolute Gasteiger partial charge is 0.505 e. The Balaban J connectivity index is 2.67. The third-order valence-corrected chi connectivity index (χ3v) is 8.83. The summed E-state index contributed by atoms with van der Waals surface area (Å²) in [6.45, 7) is 0.102. The average molecular weight is 404 g/mol. The predicted molar refractivity (Wildman–Crippen MR) is 79.9 cm³/mol. The van der Waals surface area contributed by atoms with E-state index < -0.39 is 63.9 Å². The molecule has 0 saturated heterocycles. The van der Waals surface area contributed by atoms with Gasteiger partial charge in [-0.05, 0) is 6.92 Å². The van der Waals surface area contributed by atoms with E-state index in [1.165, 1.54) is 0 Å². The molecule has 24 heavy (non-hydrogen) atoms. The van der Waals surface area contributed by atoms with Crippen LogP contribution < -0.4 is 10.5 Å². The first-order chi connectivity index (χ1) is 10.6. The van der Waals surface area contributed by atoms with Crippen LogP contribution in [0.4, 0.5) is 0 Å². The molecule has 0 saturated carbocycles. The van der Waals surface area contributed by atoms with Gasteiger partial charge in [-0.1, -0.05) is 0 Å². The molecular formula is C10H16N2O9S3. The van der Waals surface area contributed by atoms with Crippen molar-refractivity contribution in [3.63, 3.8) is 0 Å². The van der Waals surface area contributed by atoms with Gasteiger partial charge in [0.2, 0.25) is 9.84 Å². The van der Waals surface area contributed by atoms with Crippen molar-refractivity contribution < 1.29 is 42.4 Å². The molecule has 8 N–H and O–H groups in total. The number of hydrogen-bond donors (Lipinski definition) is 7. The molecule has 14 heteroatoms. The second kappa shape index (κ2) is 5.58. The summed E-state index contributed by atoms with van der Waals surface area (Å²) in [6, 6.07) is -1.20. The molecule has 2 unspecified atom stereocenters. The lowest BCUT2D eigenvalue weighted by Gasteiger charge is -2.34. The first kappa shape index (κ1) is 19.5. The number of rotatable bonds is 4. The third kappa shape index (κ3) is 3.29. The van der Waals surface area contributed by atoms with E-state index in [9.17, 15) is 27.0 Å². The highest BCUT2D eigenvalue weighted by Gasteiger charge is 2.51. The first-order valence-electron chi connectivity index (χ1n) is 6.34. The Kier molecular flexibility index (Phi) is 4.53. The fraction of sp³-hybridized carbons (Fsp3) is 0.600. The Bertz CT molecular complexity index is 864. The summed E-state index contributed by atoms with van der Waals surface area (Å²) in [5, 5.41) is 54.3. The number of sulfone groups is 1. The summed E-state index contributed by atoms with van der Waals surface area (Å²) in [7, 11) is -8.84. The Labute approximate surface area is 141 Å². The lowest BCUT2D eigenvalue weighted by Crippen LogP contribution is -2.47. The Hall–Kier alpha value is -0.840. The number of primary sulfonamides is 1. The van der Waals surface area contributed by atoms with Crippen LogP contribution in [0.1, 0.15) is 24.9 Å². The van der Waals surface area contributed by atoms with Gasteiger partial charge in [0.05, 0.1) is 6.54 Å². The van der Waals surface area contributed by atoms with Gasteiger partial charge in [-0.3, -0.25) is 0 Å². The average Bonchev–Trinajstić information content (AvgIpc) is 2.70. The van der Waals surface area contributed by atoms with Crippen molar-refractivity contribution in [2.45, 2.75) is 38.7 Å². The van der Waals surface area contributed by atoms with Crippen molar-refractivity contribution in [3.05, 3.63) is 5.56 Å². The molecule has 11 nitrogen and oxygen atoms in total. The molecule has 1 aliphatic rings. The Morgan fingerprint density at radius 1 is 1.42 bits per heavy atom. The zero-order valence-corrected chi connectivity index (χ0v) is 14.6. The fourth-order valence-corrected chi connectivity index (χ4v) is 6.84. The lowest BCUT2D eigenvalue weighted by atomic mass is 10.0. The summed E-state index contributed by atoms with van der Waals surface area (Å²) in [4.78, 5) is -2.33. The van der Waals surface area contributed by atoms with Crippen molar-refractivity contribution in [3.8, 4) is 5.75 Å². The van der Waals surface area contributed by atoms with Crippen LogP contribution in [0.15, 0.2) is 8.42 Å². The van der Waals surface area contributed by atoms with Crippen LogP contribution in [0.25, 0.3) is 0 Å². The normalized spacial score (nSPS) is 27.0. The van der Waals surface area contributed by atoms with Crippen molar-refractivity contribution in [1.29, 1.82) is 0 Å². The minimum Gasteiger partial charge on any atom is -0.505 e. The molecule has 1 aromatic heterocycles. The van der Waals surface area contributed by atoms with E-state index in [1.54, 1.807) is 0 Å². The van der Waals surface area contributed by atoms with Crippen LogP contribution in [0.2, 0.25) is 0 Å². The SMILES string of the molecule is CC1(O)CC(NCC(O)(O)O)c2c(sc(S(N)(=O)=O)c2O)S1(=O)=O. The number of aromatic hydroxyl groups is 1. The van der Waals surface area contributed by atoms with Crippen molar-refractivity contribution in [2.24, 2.45) is 5.14 Å². The molecular weight excluding hydrogens is 388 g/mol. The Morgan fingerprint density at radius 3 is 2.42 bits per heavy atom. The van der Waals surface area contributed by atoms with E-state index in [0.717, 1.165) is 6.92 Å². The van der Waals surface area contributed by atoms with Gasteiger partial charge in [-0.2, -0.15) is 0 Å². The molecule has 138 valence electrons. The van der Waals surface area contributed by atoms with Gasteiger partial charge in [0, 0.05) is 18.0 Å². The molecule has 0 aromatic carbocycles. The fourth-order valence-electron chi connectivity index (χ4n) is 2.32. The monoisotopic (exact) mass is 404 g/mol. The maximum atomic E-state index is 12.4. The maximum absolute atomic E-state index is 12.4. The minimum atomic E-state index is -4.44. The smallest absolute Gasteiger partial charge is 0.288 e. The summed E-state index contributed by atoms with van der Waals surface area (Å²) >= 11 is 0.177. The van der Waals surface area contributed by atoms with E-state index in [1.807, 2.05) is 0 Å². The molecule has 0 amide bonds. The zero-order chi connectivity index (χ0) is 18.7. The number of thiophene rings is 1. The maximum Gasteiger partial charge on any atom is 0.288 e. The molecule has 0 fully saturated rings. The highest BCUT2D eigenvalue weighted by molar-refractivity contribution is 7.96. The van der Waals surface area contributed by atoms with E-state index in [-0.39, 0.29) is 16.9 Å². The molecule has 2 atom stereocenters. The van der Waals surface area contributed by atoms with Crippen LogP contribution in [-0.2, 0) is 19.9 Å². The predicted octanol–water partition coefficient (Wildman–Crippen LogP) is -2.75. The van der Waals surface area contributed by atoms with Gasteiger partial charge in [0.25, 0.3) is 16.0 Å². The van der Waals surface area contributed by atoms with Gasteiger partial charge in [0.1, 0.15) is 4.21 Å². The van der Waals surface area contributed by atoms with E-state index in [4.69, 9.17) is 20.5 Å². The van der Waals surface area contributed by atoms with Crippen molar-refractivity contribution in [2.75, 3.05) is 6.54 Å². The number of fused-ring (bicyclic) bond motifs is 1. The van der Waals surface area contributed by atoms with Crippen LogP contribution in [0.3, 0.4) is 0 Å². The lowest BCUT2D eigenvalue weighted by molar-refractivity contribution is -0.307. The van der Waals surface area contributed by atoms with Crippen molar-refractivity contribution in [1.82, 2.24) is 5.32 Å². The van der Waals surface area contributed by atoms with Crippen LogP contribution >= 0.6 is 11.3 Å². The second-order valence-corrected chi connectivity index (χ2v) is 10.9. The Morgan fingerprint density at radius 2 is 1.96 bits per heavy atom. The van der Waals surface area contributed by atoms with Gasteiger partial charge >= 0.3 is 0 Å². The minimum absolute atomic E-state index is 0.177. The number of sulfonamides is 1. The van der Waals surface area contributed by atoms with Crippen LogP contribution in [0, 0.1) is 0 Å². The molecule has 2 heterocycles. The third-order valence-electron chi connectivity index (χ3n) is 3.45.